The largest absolute Gasteiger partial charge is 0.380 e. The number of rotatable bonds is 2. The minimum atomic E-state index is -0.146. The van der Waals surface area contributed by atoms with E-state index >= 15 is 0 Å². The average molecular weight is 235 g/mol. The van der Waals surface area contributed by atoms with E-state index < -0.39 is 0 Å². The summed E-state index contributed by atoms with van der Waals surface area (Å²) in [7, 11) is 0. The molecular formula is C15H22FN. The summed E-state index contributed by atoms with van der Waals surface area (Å²) < 4.78 is 13.7. The molecule has 1 aliphatic rings. The van der Waals surface area contributed by atoms with Gasteiger partial charge in [0.05, 0.1) is 5.69 Å². The molecule has 0 saturated heterocycles. The van der Waals surface area contributed by atoms with Crippen molar-refractivity contribution in [2.45, 2.75) is 46.6 Å². The van der Waals surface area contributed by atoms with E-state index in [0.717, 1.165) is 12.0 Å². The summed E-state index contributed by atoms with van der Waals surface area (Å²) in [6, 6.07) is 5.64. The first-order valence-corrected chi connectivity index (χ1v) is 6.40. The van der Waals surface area contributed by atoms with Crippen LogP contribution in [0.25, 0.3) is 0 Å². The van der Waals surface area contributed by atoms with Gasteiger partial charge in [-0.25, -0.2) is 4.39 Å². The zero-order valence-electron chi connectivity index (χ0n) is 11.2. The molecule has 2 rings (SSSR count). The van der Waals surface area contributed by atoms with Crippen molar-refractivity contribution in [3.8, 4) is 0 Å². The molecule has 0 heterocycles. The minimum Gasteiger partial charge on any atom is -0.380 e. The highest BCUT2D eigenvalue weighted by Crippen LogP contribution is 2.42. The molecule has 0 radical (unpaired) electrons. The third-order valence-corrected chi connectivity index (χ3v) is 3.80. The predicted octanol–water partition coefficient (Wildman–Crippen LogP) is 4.37. The maximum absolute atomic E-state index is 13.7. The molecule has 1 saturated carbocycles. The van der Waals surface area contributed by atoms with Crippen molar-refractivity contribution in [1.82, 2.24) is 0 Å². The quantitative estimate of drug-likeness (QED) is 0.802. The second-order valence-corrected chi connectivity index (χ2v) is 6.28. The monoisotopic (exact) mass is 235 g/mol. The Morgan fingerprint density at radius 3 is 2.59 bits per heavy atom. The van der Waals surface area contributed by atoms with E-state index in [-0.39, 0.29) is 5.82 Å². The summed E-state index contributed by atoms with van der Waals surface area (Å²) in [6.45, 7) is 8.82. The molecule has 2 heteroatoms. The zero-order chi connectivity index (χ0) is 12.6. The lowest BCUT2D eigenvalue weighted by Gasteiger charge is -2.20. The molecule has 1 fully saturated rings. The summed E-state index contributed by atoms with van der Waals surface area (Å²) in [5, 5.41) is 3.38. The molecule has 1 nitrogen and oxygen atoms in total. The highest BCUT2D eigenvalue weighted by atomic mass is 19.1. The summed E-state index contributed by atoms with van der Waals surface area (Å²) in [5.41, 5.74) is 2.12. The Kier molecular flexibility index (Phi) is 3.15. The van der Waals surface area contributed by atoms with Crippen LogP contribution in [0.15, 0.2) is 18.2 Å². The lowest BCUT2D eigenvalue weighted by Crippen LogP contribution is -2.23. The molecule has 1 aliphatic carbocycles. The van der Waals surface area contributed by atoms with Crippen LogP contribution in [0, 0.1) is 24.1 Å². The smallest absolute Gasteiger partial charge is 0.146 e. The Hall–Kier alpha value is -1.05. The maximum atomic E-state index is 13.7. The van der Waals surface area contributed by atoms with Gasteiger partial charge in [-0.2, -0.15) is 0 Å². The van der Waals surface area contributed by atoms with Gasteiger partial charge in [0.2, 0.25) is 0 Å². The van der Waals surface area contributed by atoms with Crippen LogP contribution < -0.4 is 5.32 Å². The topological polar surface area (TPSA) is 12.0 Å². The van der Waals surface area contributed by atoms with Crippen molar-refractivity contribution < 1.29 is 4.39 Å². The van der Waals surface area contributed by atoms with Crippen LogP contribution in [0.5, 0.6) is 0 Å². The normalized spacial score (nSPS) is 27.1. The number of benzene rings is 1. The first-order chi connectivity index (χ1) is 7.87. The summed E-state index contributed by atoms with van der Waals surface area (Å²) in [5.74, 6) is 0.456. The van der Waals surface area contributed by atoms with E-state index in [9.17, 15) is 4.39 Å². The van der Waals surface area contributed by atoms with Gasteiger partial charge >= 0.3 is 0 Å². The van der Waals surface area contributed by atoms with Gasteiger partial charge in [-0.1, -0.05) is 26.8 Å². The molecule has 0 amide bonds. The number of anilines is 1. The fourth-order valence-electron chi connectivity index (χ4n) is 3.04. The molecule has 2 atom stereocenters. The third kappa shape index (κ3) is 2.80. The van der Waals surface area contributed by atoms with Crippen molar-refractivity contribution in [3.63, 3.8) is 0 Å². The van der Waals surface area contributed by atoms with Crippen molar-refractivity contribution in [1.29, 1.82) is 0 Å². The molecule has 1 aromatic rings. The van der Waals surface area contributed by atoms with Crippen LogP contribution in [0.2, 0.25) is 0 Å². The zero-order valence-corrected chi connectivity index (χ0v) is 11.2. The van der Waals surface area contributed by atoms with Crippen molar-refractivity contribution >= 4 is 5.69 Å². The van der Waals surface area contributed by atoms with Crippen LogP contribution in [0.3, 0.4) is 0 Å². The highest BCUT2D eigenvalue weighted by molar-refractivity contribution is 5.48. The van der Waals surface area contributed by atoms with E-state index in [1.165, 1.54) is 6.42 Å². The highest BCUT2D eigenvalue weighted by Gasteiger charge is 2.36. The molecule has 0 aromatic heterocycles. The lowest BCUT2D eigenvalue weighted by molar-refractivity contribution is 0.366. The Morgan fingerprint density at radius 1 is 1.29 bits per heavy atom. The van der Waals surface area contributed by atoms with Gasteiger partial charge in [-0.3, -0.25) is 0 Å². The van der Waals surface area contributed by atoms with Crippen LogP contribution in [0.4, 0.5) is 10.1 Å². The number of halogens is 1. The fourth-order valence-corrected chi connectivity index (χ4v) is 3.04. The molecule has 1 N–H and O–H groups in total. The SMILES string of the molecule is Cc1ccc(F)c(NC2CC(C)(C)CC2C)c1. The molecular weight excluding hydrogens is 213 g/mol. The first kappa shape index (κ1) is 12.4. The van der Waals surface area contributed by atoms with Gasteiger partial charge in [0, 0.05) is 6.04 Å². The van der Waals surface area contributed by atoms with Crippen molar-refractivity contribution in [3.05, 3.63) is 29.6 Å². The van der Waals surface area contributed by atoms with E-state index in [4.69, 9.17) is 0 Å². The molecule has 0 bridgehead atoms. The van der Waals surface area contributed by atoms with Crippen molar-refractivity contribution in [2.75, 3.05) is 5.32 Å². The summed E-state index contributed by atoms with van der Waals surface area (Å²) in [4.78, 5) is 0. The van der Waals surface area contributed by atoms with Crippen LogP contribution >= 0.6 is 0 Å². The Morgan fingerprint density at radius 2 is 2.00 bits per heavy atom. The predicted molar refractivity (Wildman–Crippen MR) is 70.7 cm³/mol. The van der Waals surface area contributed by atoms with E-state index in [2.05, 4.69) is 26.1 Å². The molecule has 0 aliphatic heterocycles. The van der Waals surface area contributed by atoms with Gasteiger partial charge in [0.1, 0.15) is 5.82 Å². The molecule has 94 valence electrons. The third-order valence-electron chi connectivity index (χ3n) is 3.80. The molecule has 17 heavy (non-hydrogen) atoms. The maximum Gasteiger partial charge on any atom is 0.146 e. The number of nitrogens with one attached hydrogen (secondary N) is 1. The first-order valence-electron chi connectivity index (χ1n) is 6.40. The van der Waals surface area contributed by atoms with E-state index in [1.54, 1.807) is 6.07 Å². The lowest BCUT2D eigenvalue weighted by atomic mass is 9.91. The standard InChI is InChI=1S/C15H22FN/c1-10-5-6-12(16)13(7-10)17-14-9-15(3,4)8-11(14)2/h5-7,11,14,17H,8-9H2,1-4H3. The minimum absolute atomic E-state index is 0.146. The number of hydrogen-bond donors (Lipinski definition) is 1. The molecule has 2 unspecified atom stereocenters. The van der Waals surface area contributed by atoms with E-state index in [0.29, 0.717) is 23.1 Å². The number of hydrogen-bond acceptors (Lipinski definition) is 1. The second kappa shape index (κ2) is 4.32. The van der Waals surface area contributed by atoms with Gasteiger partial charge < -0.3 is 5.32 Å². The van der Waals surface area contributed by atoms with Gasteiger partial charge in [0.25, 0.3) is 0 Å². The van der Waals surface area contributed by atoms with E-state index in [1.807, 2.05) is 19.1 Å². The van der Waals surface area contributed by atoms with Crippen LogP contribution in [-0.4, -0.2) is 6.04 Å². The Balaban J connectivity index is 2.14. The second-order valence-electron chi connectivity index (χ2n) is 6.28. The van der Waals surface area contributed by atoms with Crippen LogP contribution in [0.1, 0.15) is 39.2 Å². The van der Waals surface area contributed by atoms with Crippen molar-refractivity contribution in [2.24, 2.45) is 11.3 Å². The van der Waals surface area contributed by atoms with Gasteiger partial charge in [-0.05, 0) is 48.8 Å². The summed E-state index contributed by atoms with van der Waals surface area (Å²) in [6.07, 6.45) is 2.32. The Bertz CT molecular complexity index is 411. The summed E-state index contributed by atoms with van der Waals surface area (Å²) >= 11 is 0. The molecule has 0 spiro atoms. The molecule has 1 aromatic carbocycles. The average Bonchev–Trinajstić information content (AvgIpc) is 2.46. The Labute approximate surface area is 103 Å². The fraction of sp³-hybridized carbons (Fsp3) is 0.600. The van der Waals surface area contributed by atoms with Crippen LogP contribution in [-0.2, 0) is 0 Å². The number of aryl methyl sites for hydroxylation is 1. The van der Waals surface area contributed by atoms with Gasteiger partial charge in [0.15, 0.2) is 0 Å². The van der Waals surface area contributed by atoms with Gasteiger partial charge in [-0.15, -0.1) is 0 Å².